The zero-order valence-corrected chi connectivity index (χ0v) is 21.7. The summed E-state index contributed by atoms with van der Waals surface area (Å²) in [4.78, 5) is 26.0. The Kier molecular flexibility index (Phi) is 5.62. The summed E-state index contributed by atoms with van der Waals surface area (Å²) in [5.74, 6) is -0.549. The number of anilines is 2. The number of pyridine rings is 1. The fourth-order valence-electron chi connectivity index (χ4n) is 5.29. The third-order valence-electron chi connectivity index (χ3n) is 7.25. The van der Waals surface area contributed by atoms with E-state index in [1.54, 1.807) is 20.8 Å². The van der Waals surface area contributed by atoms with E-state index in [9.17, 15) is 22.4 Å². The van der Waals surface area contributed by atoms with Gasteiger partial charge in [-0.3, -0.25) is 4.79 Å². The molecule has 1 spiro atoms. The molecule has 204 valence electrons. The van der Waals surface area contributed by atoms with Crippen molar-refractivity contribution in [1.82, 2.24) is 29.6 Å². The van der Waals surface area contributed by atoms with Gasteiger partial charge in [-0.05, 0) is 54.7 Å². The summed E-state index contributed by atoms with van der Waals surface area (Å²) in [6.07, 6.45) is -0.417. The molecule has 0 bridgehead atoms. The average Bonchev–Trinajstić information content (AvgIpc) is 3.57. The monoisotopic (exact) mass is 541 g/mol. The summed E-state index contributed by atoms with van der Waals surface area (Å²) in [6.45, 7) is 4.53. The van der Waals surface area contributed by atoms with Crippen LogP contribution in [0, 0.1) is 5.82 Å². The molecule has 3 aromatic heterocycles. The molecule has 2 aliphatic rings. The Morgan fingerprint density at radius 3 is 2.56 bits per heavy atom. The van der Waals surface area contributed by atoms with Crippen LogP contribution in [-0.2, 0) is 23.9 Å². The molecule has 0 atom stereocenters. The van der Waals surface area contributed by atoms with Gasteiger partial charge in [0.15, 0.2) is 11.5 Å². The molecule has 2 N–H and O–H groups in total. The van der Waals surface area contributed by atoms with E-state index in [1.165, 1.54) is 23.4 Å². The van der Waals surface area contributed by atoms with E-state index in [1.807, 2.05) is 12.1 Å². The van der Waals surface area contributed by atoms with Crippen molar-refractivity contribution >= 4 is 22.7 Å². The van der Waals surface area contributed by atoms with Gasteiger partial charge in [0.2, 0.25) is 5.95 Å². The van der Waals surface area contributed by atoms with Crippen LogP contribution in [0.2, 0.25) is 0 Å². The molecular weight excluding hydrogens is 514 g/mol. The molecular formula is C27H27F4N7O. The molecule has 0 amide bonds. The molecule has 0 radical (unpaired) electrons. The van der Waals surface area contributed by atoms with Crippen molar-refractivity contribution in [1.29, 1.82) is 0 Å². The number of fused-ring (bicyclic) bond motifs is 3. The molecule has 1 fully saturated rings. The van der Waals surface area contributed by atoms with E-state index in [0.717, 1.165) is 42.2 Å². The fourth-order valence-corrected chi connectivity index (χ4v) is 5.29. The third-order valence-corrected chi connectivity index (χ3v) is 7.25. The van der Waals surface area contributed by atoms with Gasteiger partial charge in [0.1, 0.15) is 17.7 Å². The first-order valence-electron chi connectivity index (χ1n) is 12.7. The molecule has 6 rings (SSSR count). The van der Waals surface area contributed by atoms with Crippen molar-refractivity contribution < 1.29 is 17.6 Å². The quantitative estimate of drug-likeness (QED) is 0.359. The second kappa shape index (κ2) is 8.60. The first kappa shape index (κ1) is 25.5. The van der Waals surface area contributed by atoms with Crippen LogP contribution in [0.3, 0.4) is 0 Å². The van der Waals surface area contributed by atoms with Gasteiger partial charge in [-0.2, -0.15) is 18.2 Å². The van der Waals surface area contributed by atoms with Crippen LogP contribution in [0.15, 0.2) is 41.3 Å². The highest BCUT2D eigenvalue weighted by molar-refractivity contribution is 5.77. The summed E-state index contributed by atoms with van der Waals surface area (Å²) in [5.41, 5.74) is 1.63. The highest BCUT2D eigenvalue weighted by atomic mass is 19.4. The largest absolute Gasteiger partial charge is 0.408 e. The van der Waals surface area contributed by atoms with Gasteiger partial charge in [0, 0.05) is 29.4 Å². The topological polar surface area (TPSA) is 89.7 Å². The molecule has 1 saturated carbocycles. The van der Waals surface area contributed by atoms with Crippen LogP contribution in [0.25, 0.3) is 16.9 Å². The van der Waals surface area contributed by atoms with Crippen molar-refractivity contribution in [3.8, 4) is 5.82 Å². The average molecular weight is 542 g/mol. The Hall–Kier alpha value is -3.80. The predicted octanol–water partition coefficient (Wildman–Crippen LogP) is 4.85. The second-order valence-electron chi connectivity index (χ2n) is 11.2. The Labute approximate surface area is 221 Å². The molecule has 4 aromatic rings. The lowest BCUT2D eigenvalue weighted by Crippen LogP contribution is -2.36. The first-order valence-corrected chi connectivity index (χ1v) is 12.7. The van der Waals surface area contributed by atoms with E-state index in [2.05, 4.69) is 31.7 Å². The van der Waals surface area contributed by atoms with Crippen molar-refractivity contribution in [3.05, 3.63) is 69.5 Å². The second-order valence-corrected chi connectivity index (χ2v) is 11.2. The minimum Gasteiger partial charge on any atom is -0.324 e. The van der Waals surface area contributed by atoms with Crippen LogP contribution in [-0.4, -0.2) is 37.0 Å². The molecule has 0 unspecified atom stereocenters. The van der Waals surface area contributed by atoms with E-state index in [0.29, 0.717) is 4.68 Å². The van der Waals surface area contributed by atoms with Crippen molar-refractivity contribution in [2.75, 3.05) is 11.9 Å². The van der Waals surface area contributed by atoms with E-state index in [-0.39, 0.29) is 34.0 Å². The SMILES string of the molecule is CC(C)(C)c1nc(-n2c3nc(Nc4ccc5c(c4)CCNC54CC4)ncc3c(=O)n2CC(F)(F)F)ccc1F. The molecule has 8 nitrogen and oxygen atoms in total. The Morgan fingerprint density at radius 1 is 1.10 bits per heavy atom. The van der Waals surface area contributed by atoms with Gasteiger partial charge in [-0.25, -0.2) is 23.7 Å². The van der Waals surface area contributed by atoms with Crippen molar-refractivity contribution in [3.63, 3.8) is 0 Å². The normalized spacial score (nSPS) is 16.5. The summed E-state index contributed by atoms with van der Waals surface area (Å²) < 4.78 is 56.7. The first-order chi connectivity index (χ1) is 18.3. The van der Waals surface area contributed by atoms with E-state index in [4.69, 9.17) is 0 Å². The van der Waals surface area contributed by atoms with E-state index < -0.39 is 29.5 Å². The van der Waals surface area contributed by atoms with Crippen LogP contribution in [0.4, 0.5) is 29.2 Å². The van der Waals surface area contributed by atoms with Gasteiger partial charge in [0.05, 0.1) is 5.69 Å². The van der Waals surface area contributed by atoms with Gasteiger partial charge in [0.25, 0.3) is 5.56 Å². The van der Waals surface area contributed by atoms with Gasteiger partial charge < -0.3 is 10.6 Å². The number of nitrogens with one attached hydrogen (secondary N) is 2. The third kappa shape index (κ3) is 4.56. The summed E-state index contributed by atoms with van der Waals surface area (Å²) in [6, 6.07) is 8.38. The maximum Gasteiger partial charge on any atom is 0.408 e. The lowest BCUT2D eigenvalue weighted by Gasteiger charge is -2.27. The highest BCUT2D eigenvalue weighted by Crippen LogP contribution is 2.49. The van der Waals surface area contributed by atoms with Gasteiger partial charge >= 0.3 is 6.18 Å². The number of hydrogen-bond acceptors (Lipinski definition) is 6. The Balaban J connectivity index is 1.46. The molecule has 1 aliphatic heterocycles. The standard InChI is InChI=1S/C27H27F4N7O/c1-25(2,3)21-19(28)6-7-20(35-21)38-22-17(23(39)37(38)14-27(29,30)31)13-32-24(36-22)34-16-4-5-18-15(12-16)8-11-33-26(18)9-10-26/h4-7,12-13,33H,8-11,14H2,1-3H3,(H,32,34,36). The molecule has 39 heavy (non-hydrogen) atoms. The van der Waals surface area contributed by atoms with Crippen LogP contribution < -0.4 is 16.2 Å². The number of hydrogen-bond donors (Lipinski definition) is 2. The van der Waals surface area contributed by atoms with Crippen molar-refractivity contribution in [2.24, 2.45) is 0 Å². The van der Waals surface area contributed by atoms with Crippen LogP contribution in [0.1, 0.15) is 50.4 Å². The highest BCUT2D eigenvalue weighted by Gasteiger charge is 2.46. The lowest BCUT2D eigenvalue weighted by molar-refractivity contribution is -0.144. The number of rotatable bonds is 4. The molecule has 12 heteroatoms. The summed E-state index contributed by atoms with van der Waals surface area (Å²) >= 11 is 0. The number of nitrogens with zero attached hydrogens (tertiary/aromatic N) is 5. The molecule has 4 heterocycles. The zero-order chi connectivity index (χ0) is 27.7. The molecule has 0 saturated heterocycles. The number of aromatic nitrogens is 5. The molecule has 1 aromatic carbocycles. The summed E-state index contributed by atoms with van der Waals surface area (Å²) in [7, 11) is 0. The van der Waals surface area contributed by atoms with Crippen LogP contribution >= 0.6 is 0 Å². The number of halogens is 4. The maximum atomic E-state index is 14.6. The molecule has 1 aliphatic carbocycles. The number of alkyl halides is 3. The minimum atomic E-state index is -4.70. The zero-order valence-electron chi connectivity index (χ0n) is 21.7. The van der Waals surface area contributed by atoms with Gasteiger partial charge in [-0.15, -0.1) is 0 Å². The smallest absolute Gasteiger partial charge is 0.324 e. The van der Waals surface area contributed by atoms with Crippen LogP contribution in [0.5, 0.6) is 0 Å². The predicted molar refractivity (Wildman–Crippen MR) is 138 cm³/mol. The van der Waals surface area contributed by atoms with Gasteiger partial charge in [-0.1, -0.05) is 26.8 Å². The lowest BCUT2D eigenvalue weighted by atomic mass is 9.91. The summed E-state index contributed by atoms with van der Waals surface area (Å²) in [5, 5.41) is 6.60. The minimum absolute atomic E-state index is 0.0530. The Bertz CT molecular complexity index is 1660. The maximum absolute atomic E-state index is 14.6. The van der Waals surface area contributed by atoms with Crippen molar-refractivity contribution in [2.45, 2.75) is 63.7 Å². The fraction of sp³-hybridized carbons (Fsp3) is 0.407. The number of benzene rings is 1. The van der Waals surface area contributed by atoms with E-state index >= 15 is 0 Å². The Morgan fingerprint density at radius 2 is 1.87 bits per heavy atom.